The second-order valence-electron chi connectivity index (χ2n) is 3.40. The Labute approximate surface area is 125 Å². The summed E-state index contributed by atoms with van der Waals surface area (Å²) >= 11 is 10.1. The molecule has 0 saturated heterocycles. The summed E-state index contributed by atoms with van der Waals surface area (Å²) in [7, 11) is 0. The largest absolute Gasteiger partial charge is 0.476 e. The van der Waals surface area contributed by atoms with Gasteiger partial charge in [-0.1, -0.05) is 17.7 Å². The molecule has 0 aliphatic carbocycles. The van der Waals surface area contributed by atoms with Crippen molar-refractivity contribution in [2.24, 2.45) is 0 Å². The number of carbonyl (C=O) groups is 2. The third-order valence-electron chi connectivity index (χ3n) is 2.12. The molecule has 19 heavy (non-hydrogen) atoms. The second-order valence-corrected chi connectivity index (χ2v) is 5.46. The Morgan fingerprint density at radius 2 is 2.16 bits per heavy atom. The molecule has 1 aromatic heterocycles. The van der Waals surface area contributed by atoms with Gasteiger partial charge in [0, 0.05) is 5.38 Å². The van der Waals surface area contributed by atoms with Gasteiger partial charge in [-0.05, 0) is 28.1 Å². The first-order chi connectivity index (χ1) is 8.99. The highest BCUT2D eigenvalue weighted by Gasteiger charge is 2.16. The molecule has 0 saturated carbocycles. The first-order valence-corrected chi connectivity index (χ1v) is 6.98. The number of nitrogens with one attached hydrogen (secondary N) is 1. The van der Waals surface area contributed by atoms with E-state index in [1.807, 2.05) is 0 Å². The number of halogens is 2. The van der Waals surface area contributed by atoms with E-state index in [9.17, 15) is 9.59 Å². The summed E-state index contributed by atoms with van der Waals surface area (Å²) in [5, 5.41) is 13.2. The van der Waals surface area contributed by atoms with Crippen molar-refractivity contribution in [2.75, 3.05) is 5.32 Å². The Morgan fingerprint density at radius 3 is 2.79 bits per heavy atom. The molecule has 0 spiro atoms. The van der Waals surface area contributed by atoms with Gasteiger partial charge in [0.05, 0.1) is 15.2 Å². The molecule has 0 aliphatic rings. The van der Waals surface area contributed by atoms with E-state index in [4.69, 9.17) is 16.7 Å². The van der Waals surface area contributed by atoms with Crippen LogP contribution in [0.3, 0.4) is 0 Å². The summed E-state index contributed by atoms with van der Waals surface area (Å²) in [6, 6.07) is 5.03. The fourth-order valence-electron chi connectivity index (χ4n) is 1.25. The highest BCUT2D eigenvalue weighted by atomic mass is 79.9. The van der Waals surface area contributed by atoms with Gasteiger partial charge >= 0.3 is 5.97 Å². The summed E-state index contributed by atoms with van der Waals surface area (Å²) < 4.78 is 0.556. The average molecular weight is 362 g/mol. The minimum Gasteiger partial charge on any atom is -0.476 e. The molecule has 1 amide bonds. The van der Waals surface area contributed by atoms with Crippen molar-refractivity contribution < 1.29 is 14.7 Å². The predicted octanol–water partition coefficient (Wildman–Crippen LogP) is 3.51. The van der Waals surface area contributed by atoms with Crippen LogP contribution in [0.4, 0.5) is 5.69 Å². The lowest BCUT2D eigenvalue weighted by molar-refractivity contribution is 0.0691. The molecule has 98 valence electrons. The third kappa shape index (κ3) is 3.12. The standard InChI is InChI=1S/C11H6BrClN2O3S/c12-8-5(13)2-1-3-6(8)14-9(16)10-15-7(4-19-10)11(17)18/h1-4H,(H,14,16)(H,17,18). The summed E-state index contributed by atoms with van der Waals surface area (Å²) in [4.78, 5) is 26.3. The third-order valence-corrected chi connectivity index (χ3v) is 4.36. The molecule has 1 heterocycles. The van der Waals surface area contributed by atoms with E-state index >= 15 is 0 Å². The summed E-state index contributed by atoms with van der Waals surface area (Å²) in [6.07, 6.45) is 0. The zero-order valence-corrected chi connectivity index (χ0v) is 12.3. The molecule has 2 rings (SSSR count). The van der Waals surface area contributed by atoms with Crippen LogP contribution in [0.1, 0.15) is 20.3 Å². The number of rotatable bonds is 3. The van der Waals surface area contributed by atoms with Crippen LogP contribution >= 0.6 is 38.9 Å². The number of aromatic nitrogens is 1. The Kier molecular flexibility index (Phi) is 4.18. The molecule has 0 atom stereocenters. The SMILES string of the molecule is O=C(O)c1csc(C(=O)Nc2cccc(Cl)c2Br)n1. The van der Waals surface area contributed by atoms with Crippen molar-refractivity contribution in [2.45, 2.75) is 0 Å². The van der Waals surface area contributed by atoms with Gasteiger partial charge in [-0.2, -0.15) is 0 Å². The van der Waals surface area contributed by atoms with E-state index in [0.29, 0.717) is 15.2 Å². The van der Waals surface area contributed by atoms with E-state index in [2.05, 4.69) is 26.2 Å². The molecule has 0 aliphatic heterocycles. The maximum Gasteiger partial charge on any atom is 0.355 e. The second kappa shape index (κ2) is 5.68. The molecule has 0 radical (unpaired) electrons. The molecule has 8 heteroatoms. The fraction of sp³-hybridized carbons (Fsp3) is 0. The lowest BCUT2D eigenvalue weighted by Crippen LogP contribution is -2.12. The number of hydrogen-bond donors (Lipinski definition) is 2. The van der Waals surface area contributed by atoms with Crippen LogP contribution in [-0.2, 0) is 0 Å². The molecule has 2 aromatic rings. The van der Waals surface area contributed by atoms with Crippen LogP contribution in [-0.4, -0.2) is 22.0 Å². The van der Waals surface area contributed by atoms with Crippen LogP contribution in [0.5, 0.6) is 0 Å². The normalized spacial score (nSPS) is 10.2. The number of carboxylic acid groups (broad SMARTS) is 1. The van der Waals surface area contributed by atoms with E-state index < -0.39 is 11.9 Å². The average Bonchev–Trinajstić information content (AvgIpc) is 2.84. The molecule has 1 aromatic carbocycles. The van der Waals surface area contributed by atoms with Crippen LogP contribution in [0.2, 0.25) is 5.02 Å². The van der Waals surface area contributed by atoms with E-state index in [-0.39, 0.29) is 10.7 Å². The van der Waals surface area contributed by atoms with Gasteiger partial charge in [-0.15, -0.1) is 11.3 Å². The zero-order valence-electron chi connectivity index (χ0n) is 9.18. The molecule has 0 unspecified atom stereocenters. The number of aromatic carboxylic acids is 1. The lowest BCUT2D eigenvalue weighted by Gasteiger charge is -2.06. The van der Waals surface area contributed by atoms with Crippen molar-refractivity contribution in [3.8, 4) is 0 Å². The van der Waals surface area contributed by atoms with E-state index in [1.165, 1.54) is 5.38 Å². The lowest BCUT2D eigenvalue weighted by atomic mass is 10.3. The minimum absolute atomic E-state index is 0.0734. The van der Waals surface area contributed by atoms with Gasteiger partial charge in [0.1, 0.15) is 0 Å². The van der Waals surface area contributed by atoms with Gasteiger partial charge in [-0.25, -0.2) is 9.78 Å². The number of anilines is 1. The molecule has 0 bridgehead atoms. The molecule has 2 N–H and O–H groups in total. The molecular weight excluding hydrogens is 356 g/mol. The Bertz CT molecular complexity index is 659. The van der Waals surface area contributed by atoms with E-state index in [0.717, 1.165) is 11.3 Å². The van der Waals surface area contributed by atoms with Crippen LogP contribution < -0.4 is 5.32 Å². The van der Waals surface area contributed by atoms with Crippen LogP contribution in [0.25, 0.3) is 0 Å². The summed E-state index contributed by atoms with van der Waals surface area (Å²) in [6.45, 7) is 0. The number of benzene rings is 1. The topological polar surface area (TPSA) is 79.3 Å². The predicted molar refractivity (Wildman–Crippen MR) is 76.2 cm³/mol. The number of thiazole rings is 1. The molecular formula is C11H6BrClN2O3S. The number of amides is 1. The highest BCUT2D eigenvalue weighted by Crippen LogP contribution is 2.30. The summed E-state index contributed by atoms with van der Waals surface area (Å²) in [5.41, 5.74) is 0.338. The highest BCUT2D eigenvalue weighted by molar-refractivity contribution is 9.10. The van der Waals surface area contributed by atoms with Crippen LogP contribution in [0.15, 0.2) is 28.1 Å². The number of carboxylic acids is 1. The Hall–Kier alpha value is -1.44. The van der Waals surface area contributed by atoms with Gasteiger partial charge in [0.2, 0.25) is 0 Å². The Balaban J connectivity index is 2.21. The van der Waals surface area contributed by atoms with Crippen molar-refractivity contribution in [3.05, 3.63) is 43.8 Å². The maximum atomic E-state index is 11.9. The van der Waals surface area contributed by atoms with Crippen molar-refractivity contribution >= 4 is 56.4 Å². The fourth-order valence-corrected chi connectivity index (χ4v) is 2.48. The number of nitrogens with zero attached hydrogens (tertiary/aromatic N) is 1. The first kappa shape index (κ1) is 14.0. The Morgan fingerprint density at radius 1 is 1.42 bits per heavy atom. The maximum absolute atomic E-state index is 11.9. The van der Waals surface area contributed by atoms with Gasteiger partial charge < -0.3 is 10.4 Å². The smallest absolute Gasteiger partial charge is 0.355 e. The molecule has 5 nitrogen and oxygen atoms in total. The van der Waals surface area contributed by atoms with Gasteiger partial charge in [0.25, 0.3) is 5.91 Å². The zero-order chi connectivity index (χ0) is 14.0. The summed E-state index contributed by atoms with van der Waals surface area (Å²) in [5.74, 6) is -1.65. The monoisotopic (exact) mass is 360 g/mol. The minimum atomic E-state index is -1.17. The first-order valence-electron chi connectivity index (χ1n) is 4.93. The van der Waals surface area contributed by atoms with Crippen molar-refractivity contribution in [1.82, 2.24) is 4.98 Å². The number of hydrogen-bond acceptors (Lipinski definition) is 4. The van der Waals surface area contributed by atoms with Crippen LogP contribution in [0, 0.1) is 0 Å². The molecule has 0 fully saturated rings. The van der Waals surface area contributed by atoms with Gasteiger partial charge in [0.15, 0.2) is 10.7 Å². The number of carbonyl (C=O) groups excluding carboxylic acids is 1. The van der Waals surface area contributed by atoms with E-state index in [1.54, 1.807) is 18.2 Å². The quantitative estimate of drug-likeness (QED) is 0.877. The van der Waals surface area contributed by atoms with Gasteiger partial charge in [-0.3, -0.25) is 4.79 Å². The van der Waals surface area contributed by atoms with Crippen molar-refractivity contribution in [1.29, 1.82) is 0 Å². The van der Waals surface area contributed by atoms with Crippen molar-refractivity contribution in [3.63, 3.8) is 0 Å².